The summed E-state index contributed by atoms with van der Waals surface area (Å²) in [5.41, 5.74) is 4.48. The van der Waals surface area contributed by atoms with E-state index in [9.17, 15) is 9.59 Å². The molecule has 0 radical (unpaired) electrons. The summed E-state index contributed by atoms with van der Waals surface area (Å²) in [5.74, 6) is 1.48. The third kappa shape index (κ3) is 2.63. The van der Waals surface area contributed by atoms with E-state index in [1.54, 1.807) is 9.91 Å². The standard InChI is InChI=1S/C19H19N5O4/c1-10-2-5-16(28-10)11-3-4-14-15(6-11)20-21-17(14)18(25)23-8-13-7-12(23)9-24(13)22-19(26)27/h2-6,12-13,22H,7-9H2,1H3,(H,20,21)(H,26,27)/t12-,13-/m0/s1. The monoisotopic (exact) mass is 381 g/mol. The molecule has 9 nitrogen and oxygen atoms in total. The van der Waals surface area contributed by atoms with Crippen LogP contribution in [0.1, 0.15) is 22.7 Å². The Morgan fingerprint density at radius 3 is 2.79 bits per heavy atom. The Kier molecular flexibility index (Phi) is 3.66. The van der Waals surface area contributed by atoms with Crippen molar-refractivity contribution in [3.63, 3.8) is 0 Å². The quantitative estimate of drug-likeness (QED) is 0.641. The predicted molar refractivity (Wildman–Crippen MR) is 99.6 cm³/mol. The highest BCUT2D eigenvalue weighted by Gasteiger charge is 2.46. The molecule has 2 amide bonds. The number of likely N-dealkylation sites (tertiary alicyclic amines) is 1. The van der Waals surface area contributed by atoms with Crippen LogP contribution in [-0.2, 0) is 0 Å². The summed E-state index contributed by atoms with van der Waals surface area (Å²) in [6.07, 6.45) is -0.317. The van der Waals surface area contributed by atoms with Crippen molar-refractivity contribution in [1.82, 2.24) is 25.5 Å². The summed E-state index contributed by atoms with van der Waals surface area (Å²) in [6.45, 7) is 2.88. The fourth-order valence-electron chi connectivity index (χ4n) is 4.24. The average Bonchev–Trinajstić information content (AvgIpc) is 3.42. The maximum atomic E-state index is 13.1. The number of fused-ring (bicyclic) bond motifs is 3. The Morgan fingerprint density at radius 1 is 1.25 bits per heavy atom. The number of furan rings is 1. The van der Waals surface area contributed by atoms with E-state index < -0.39 is 6.09 Å². The second-order valence-electron chi connectivity index (χ2n) is 7.31. The molecule has 2 aliphatic heterocycles. The van der Waals surface area contributed by atoms with Gasteiger partial charge in [-0.1, -0.05) is 6.07 Å². The van der Waals surface area contributed by atoms with Crippen LogP contribution in [0.4, 0.5) is 4.79 Å². The molecule has 0 aliphatic carbocycles. The van der Waals surface area contributed by atoms with Crippen LogP contribution in [0.25, 0.3) is 22.2 Å². The zero-order valence-corrected chi connectivity index (χ0v) is 15.2. The van der Waals surface area contributed by atoms with Crippen molar-refractivity contribution >= 4 is 22.9 Å². The van der Waals surface area contributed by atoms with E-state index in [0.717, 1.165) is 34.4 Å². The molecule has 0 saturated carbocycles. The largest absolute Gasteiger partial charge is 0.464 e. The Balaban J connectivity index is 1.38. The van der Waals surface area contributed by atoms with Gasteiger partial charge in [-0.2, -0.15) is 5.10 Å². The number of piperazine rings is 1. The van der Waals surface area contributed by atoms with Gasteiger partial charge >= 0.3 is 6.09 Å². The summed E-state index contributed by atoms with van der Waals surface area (Å²) in [4.78, 5) is 25.7. The van der Waals surface area contributed by atoms with Crippen molar-refractivity contribution in [1.29, 1.82) is 0 Å². The van der Waals surface area contributed by atoms with Crippen molar-refractivity contribution in [2.24, 2.45) is 0 Å². The van der Waals surface area contributed by atoms with E-state index >= 15 is 0 Å². The smallest absolute Gasteiger partial charge is 0.419 e. The first kappa shape index (κ1) is 16.8. The summed E-state index contributed by atoms with van der Waals surface area (Å²) in [5, 5.41) is 18.6. The number of hydrazine groups is 1. The van der Waals surface area contributed by atoms with E-state index in [0.29, 0.717) is 18.8 Å². The van der Waals surface area contributed by atoms with Crippen LogP contribution in [-0.4, -0.2) is 62.4 Å². The SMILES string of the molecule is Cc1ccc(-c2ccc3c(C(=O)N4C[C@@H]5C[C@H]4CN5NC(=O)O)n[nH]c3c2)o1. The van der Waals surface area contributed by atoms with Crippen molar-refractivity contribution in [3.05, 3.63) is 41.8 Å². The molecule has 28 heavy (non-hydrogen) atoms. The van der Waals surface area contributed by atoms with Crippen LogP contribution in [0.3, 0.4) is 0 Å². The van der Waals surface area contributed by atoms with Crippen LogP contribution in [0.2, 0.25) is 0 Å². The number of carboxylic acid groups (broad SMARTS) is 1. The average molecular weight is 381 g/mol. The van der Waals surface area contributed by atoms with Crippen LogP contribution in [0.15, 0.2) is 34.7 Å². The molecule has 0 spiro atoms. The van der Waals surface area contributed by atoms with Crippen LogP contribution in [0.5, 0.6) is 0 Å². The van der Waals surface area contributed by atoms with E-state index in [4.69, 9.17) is 9.52 Å². The Morgan fingerprint density at radius 2 is 2.11 bits per heavy atom. The van der Waals surface area contributed by atoms with Crippen LogP contribution < -0.4 is 5.43 Å². The van der Waals surface area contributed by atoms with Gasteiger partial charge in [0.15, 0.2) is 5.69 Å². The lowest BCUT2D eigenvalue weighted by molar-refractivity contribution is 0.0535. The van der Waals surface area contributed by atoms with Crippen LogP contribution in [0, 0.1) is 6.92 Å². The van der Waals surface area contributed by atoms with Crippen molar-refractivity contribution in [3.8, 4) is 11.3 Å². The summed E-state index contributed by atoms with van der Waals surface area (Å²) >= 11 is 0. The number of nitrogens with zero attached hydrogens (tertiary/aromatic N) is 3. The number of amides is 2. The number of aryl methyl sites for hydroxylation is 1. The molecule has 9 heteroatoms. The van der Waals surface area contributed by atoms with Gasteiger partial charge in [0.2, 0.25) is 0 Å². The molecule has 3 aromatic rings. The fraction of sp³-hybridized carbons (Fsp3) is 0.316. The van der Waals surface area contributed by atoms with Crippen molar-refractivity contribution in [2.45, 2.75) is 25.4 Å². The highest BCUT2D eigenvalue weighted by Crippen LogP contribution is 2.32. The van der Waals surface area contributed by atoms with E-state index in [1.165, 1.54) is 0 Å². The number of hydrogen-bond acceptors (Lipinski definition) is 5. The zero-order valence-electron chi connectivity index (χ0n) is 15.2. The number of carbonyl (C=O) groups is 2. The minimum absolute atomic E-state index is 0.00375. The van der Waals surface area contributed by atoms with Gasteiger partial charge in [0.25, 0.3) is 5.91 Å². The molecule has 144 valence electrons. The lowest BCUT2D eigenvalue weighted by Gasteiger charge is -2.33. The van der Waals surface area contributed by atoms with Crippen molar-refractivity contribution in [2.75, 3.05) is 13.1 Å². The highest BCUT2D eigenvalue weighted by atomic mass is 16.4. The number of carbonyl (C=O) groups excluding carboxylic acids is 1. The van der Waals surface area contributed by atoms with Gasteiger partial charge in [0.05, 0.1) is 5.52 Å². The molecule has 1 aromatic carbocycles. The molecule has 2 fully saturated rings. The zero-order chi connectivity index (χ0) is 19.4. The van der Waals surface area contributed by atoms with Gasteiger partial charge in [0, 0.05) is 36.1 Å². The number of aromatic nitrogens is 2. The molecular formula is C19H19N5O4. The van der Waals surface area contributed by atoms with Gasteiger partial charge in [0.1, 0.15) is 11.5 Å². The summed E-state index contributed by atoms with van der Waals surface area (Å²) in [6, 6.07) is 9.54. The Bertz CT molecular complexity index is 1090. The number of rotatable bonds is 3. The normalized spacial score (nSPS) is 21.5. The highest BCUT2D eigenvalue weighted by molar-refractivity contribution is 6.05. The fourth-order valence-corrected chi connectivity index (χ4v) is 4.24. The minimum atomic E-state index is -1.08. The maximum Gasteiger partial charge on any atom is 0.419 e. The second kappa shape index (κ2) is 6.10. The number of hydrogen-bond donors (Lipinski definition) is 3. The third-order valence-corrected chi connectivity index (χ3v) is 5.53. The van der Waals surface area contributed by atoms with Gasteiger partial charge in [-0.25, -0.2) is 9.80 Å². The van der Waals surface area contributed by atoms with Gasteiger partial charge in [-0.05, 0) is 37.6 Å². The first-order valence-electron chi connectivity index (χ1n) is 9.12. The van der Waals surface area contributed by atoms with Crippen molar-refractivity contribution < 1.29 is 19.1 Å². The van der Waals surface area contributed by atoms with E-state index in [2.05, 4.69) is 15.6 Å². The van der Waals surface area contributed by atoms with E-state index in [-0.39, 0.29) is 18.0 Å². The predicted octanol–water partition coefficient (Wildman–Crippen LogP) is 2.21. The first-order valence-corrected chi connectivity index (χ1v) is 9.12. The number of benzene rings is 1. The molecule has 2 saturated heterocycles. The van der Waals surface area contributed by atoms with E-state index in [1.807, 2.05) is 37.3 Å². The number of H-pyrrole nitrogens is 1. The molecule has 4 heterocycles. The van der Waals surface area contributed by atoms with Crippen LogP contribution >= 0.6 is 0 Å². The number of nitrogens with one attached hydrogen (secondary N) is 2. The molecule has 2 atom stereocenters. The lowest BCUT2D eigenvalue weighted by Crippen LogP contribution is -2.54. The molecule has 2 aromatic heterocycles. The van der Waals surface area contributed by atoms with Gasteiger partial charge < -0.3 is 14.4 Å². The number of aromatic amines is 1. The Labute approximate surface area is 159 Å². The summed E-state index contributed by atoms with van der Waals surface area (Å²) in [7, 11) is 0. The topological polar surface area (TPSA) is 115 Å². The molecular weight excluding hydrogens is 362 g/mol. The molecule has 0 unspecified atom stereocenters. The second-order valence-corrected chi connectivity index (χ2v) is 7.31. The van der Waals surface area contributed by atoms with Gasteiger partial charge in [-0.15, -0.1) is 0 Å². The molecule has 2 aliphatic rings. The Hall–Kier alpha value is -3.33. The van der Waals surface area contributed by atoms with Gasteiger partial charge in [-0.3, -0.25) is 15.3 Å². The third-order valence-electron chi connectivity index (χ3n) is 5.53. The molecule has 2 bridgehead atoms. The first-order chi connectivity index (χ1) is 13.5. The lowest BCUT2D eigenvalue weighted by atomic mass is 10.1. The minimum Gasteiger partial charge on any atom is -0.464 e. The maximum absolute atomic E-state index is 13.1. The molecule has 3 N–H and O–H groups in total. The summed E-state index contributed by atoms with van der Waals surface area (Å²) < 4.78 is 5.66. The molecule has 5 rings (SSSR count).